The number of rotatable bonds is 6. The van der Waals surface area contributed by atoms with Crippen molar-refractivity contribution in [3.05, 3.63) is 29.8 Å². The number of hydrogen-bond acceptors (Lipinski definition) is 4. The summed E-state index contributed by atoms with van der Waals surface area (Å²) in [6.07, 6.45) is 7.11. The second-order valence-corrected chi connectivity index (χ2v) is 9.45. The maximum atomic E-state index is 12.6. The van der Waals surface area contributed by atoms with Crippen molar-refractivity contribution in [2.45, 2.75) is 55.2 Å². The molecule has 0 radical (unpaired) electrons. The van der Waals surface area contributed by atoms with Gasteiger partial charge in [-0.05, 0) is 55.9 Å². The third-order valence-corrected chi connectivity index (χ3v) is 6.99. The van der Waals surface area contributed by atoms with Gasteiger partial charge in [0.25, 0.3) is 5.91 Å². The van der Waals surface area contributed by atoms with E-state index in [9.17, 15) is 22.0 Å². The molecule has 1 aliphatic heterocycles. The van der Waals surface area contributed by atoms with Crippen molar-refractivity contribution >= 4 is 15.7 Å². The first-order valence-corrected chi connectivity index (χ1v) is 11.1. The Morgan fingerprint density at radius 2 is 1.67 bits per heavy atom. The molecule has 1 saturated carbocycles. The van der Waals surface area contributed by atoms with Gasteiger partial charge in [-0.25, -0.2) is 8.42 Å². The van der Waals surface area contributed by atoms with Crippen LogP contribution in [0.4, 0.5) is 8.78 Å². The summed E-state index contributed by atoms with van der Waals surface area (Å²) in [4.78, 5) is 14.3. The molecule has 0 spiro atoms. The van der Waals surface area contributed by atoms with Crippen molar-refractivity contribution in [2.24, 2.45) is 5.92 Å². The number of alkyl halides is 2. The summed E-state index contributed by atoms with van der Waals surface area (Å²) >= 11 is 0. The van der Waals surface area contributed by atoms with Gasteiger partial charge < -0.3 is 10.2 Å². The minimum atomic E-state index is -4.63. The number of halogens is 2. The molecule has 0 unspecified atom stereocenters. The fraction of sp³-hybridized carbons (Fsp3) is 0.632. The maximum Gasteiger partial charge on any atom is 0.341 e. The molecule has 27 heavy (non-hydrogen) atoms. The van der Waals surface area contributed by atoms with Crippen LogP contribution in [0.1, 0.15) is 48.9 Å². The Labute approximate surface area is 159 Å². The first-order valence-electron chi connectivity index (χ1n) is 9.51. The van der Waals surface area contributed by atoms with E-state index in [4.69, 9.17) is 0 Å². The molecule has 5 nitrogen and oxygen atoms in total. The summed E-state index contributed by atoms with van der Waals surface area (Å²) in [5, 5.41) is 2.97. The van der Waals surface area contributed by atoms with E-state index in [-0.39, 0.29) is 17.5 Å². The molecule has 150 valence electrons. The SMILES string of the molecule is O=C(NC1CCN(CC2CCCC2)CC1)c1ccc(S(=O)(=O)C(F)F)cc1. The highest BCUT2D eigenvalue weighted by atomic mass is 32.2. The normalized spacial score (nSPS) is 20.3. The number of amides is 1. The van der Waals surface area contributed by atoms with Crippen molar-refractivity contribution in [2.75, 3.05) is 19.6 Å². The van der Waals surface area contributed by atoms with Crippen LogP contribution in [0.15, 0.2) is 29.2 Å². The zero-order valence-electron chi connectivity index (χ0n) is 15.2. The third kappa shape index (κ3) is 5.04. The Morgan fingerprint density at radius 3 is 2.22 bits per heavy atom. The van der Waals surface area contributed by atoms with Crippen LogP contribution < -0.4 is 5.32 Å². The maximum absolute atomic E-state index is 12.6. The van der Waals surface area contributed by atoms with Crippen LogP contribution in [0.3, 0.4) is 0 Å². The minimum absolute atomic E-state index is 0.0850. The Morgan fingerprint density at radius 1 is 1.07 bits per heavy atom. The molecule has 1 aliphatic carbocycles. The Bertz CT molecular complexity index is 739. The lowest BCUT2D eigenvalue weighted by atomic mass is 10.0. The van der Waals surface area contributed by atoms with Crippen molar-refractivity contribution in [3.8, 4) is 0 Å². The highest BCUT2D eigenvalue weighted by Crippen LogP contribution is 2.26. The van der Waals surface area contributed by atoms with Crippen LogP contribution in [0.2, 0.25) is 0 Å². The first-order chi connectivity index (χ1) is 12.9. The van der Waals surface area contributed by atoms with Crippen LogP contribution in [-0.2, 0) is 9.84 Å². The van der Waals surface area contributed by atoms with Crippen molar-refractivity contribution in [3.63, 3.8) is 0 Å². The summed E-state index contributed by atoms with van der Waals surface area (Å²) in [5.41, 5.74) is 0.275. The van der Waals surface area contributed by atoms with Gasteiger partial charge in [0, 0.05) is 31.2 Å². The molecule has 1 aromatic carbocycles. The van der Waals surface area contributed by atoms with Crippen LogP contribution in [0.5, 0.6) is 0 Å². The number of nitrogens with zero attached hydrogens (tertiary/aromatic N) is 1. The molecule has 1 N–H and O–H groups in total. The van der Waals surface area contributed by atoms with E-state index in [0.717, 1.165) is 50.5 Å². The number of nitrogens with one attached hydrogen (secondary N) is 1. The second kappa shape index (κ2) is 8.65. The Hall–Kier alpha value is -1.54. The molecule has 1 heterocycles. The topological polar surface area (TPSA) is 66.5 Å². The molecule has 1 saturated heterocycles. The summed E-state index contributed by atoms with van der Waals surface area (Å²) in [6, 6.07) is 4.75. The van der Waals surface area contributed by atoms with E-state index in [1.165, 1.54) is 37.8 Å². The summed E-state index contributed by atoms with van der Waals surface area (Å²) < 4.78 is 48.0. The lowest BCUT2D eigenvalue weighted by Crippen LogP contribution is -2.45. The van der Waals surface area contributed by atoms with E-state index >= 15 is 0 Å². The smallest absolute Gasteiger partial charge is 0.341 e. The van der Waals surface area contributed by atoms with E-state index in [0.29, 0.717) is 0 Å². The van der Waals surface area contributed by atoms with Crippen molar-refractivity contribution in [1.29, 1.82) is 0 Å². The van der Waals surface area contributed by atoms with Crippen LogP contribution in [0, 0.1) is 5.92 Å². The second-order valence-electron chi connectivity index (χ2n) is 7.53. The number of piperidine rings is 1. The Kier molecular flexibility index (Phi) is 6.47. The summed E-state index contributed by atoms with van der Waals surface area (Å²) in [7, 11) is -4.63. The van der Waals surface area contributed by atoms with Gasteiger partial charge in [-0.1, -0.05) is 12.8 Å². The van der Waals surface area contributed by atoms with Gasteiger partial charge in [0.2, 0.25) is 9.84 Å². The lowest BCUT2D eigenvalue weighted by molar-refractivity contribution is 0.0905. The van der Waals surface area contributed by atoms with Crippen LogP contribution >= 0.6 is 0 Å². The van der Waals surface area contributed by atoms with Gasteiger partial charge in [0.05, 0.1) is 4.90 Å². The standard InChI is InChI=1S/C19H26F2N2O3S/c20-19(21)27(25,26)17-7-5-15(6-8-17)18(24)22-16-9-11-23(12-10-16)13-14-3-1-2-4-14/h5-8,14,16,19H,1-4,9-13H2,(H,22,24). The predicted octanol–water partition coefficient (Wildman–Crippen LogP) is 3.07. The number of sulfone groups is 1. The monoisotopic (exact) mass is 400 g/mol. The molecule has 1 amide bonds. The van der Waals surface area contributed by atoms with Crippen molar-refractivity contribution < 1.29 is 22.0 Å². The van der Waals surface area contributed by atoms with Gasteiger partial charge in [0.1, 0.15) is 0 Å². The zero-order valence-corrected chi connectivity index (χ0v) is 16.1. The molecule has 1 aromatic rings. The van der Waals surface area contributed by atoms with E-state index in [1.807, 2.05) is 0 Å². The highest BCUT2D eigenvalue weighted by molar-refractivity contribution is 7.91. The van der Waals surface area contributed by atoms with E-state index < -0.39 is 20.5 Å². The van der Waals surface area contributed by atoms with Gasteiger partial charge in [0.15, 0.2) is 0 Å². The fourth-order valence-electron chi connectivity index (χ4n) is 3.99. The highest BCUT2D eigenvalue weighted by Gasteiger charge is 2.27. The molecule has 0 atom stereocenters. The molecular formula is C19H26F2N2O3S. The molecule has 8 heteroatoms. The molecule has 3 rings (SSSR count). The molecule has 2 fully saturated rings. The average Bonchev–Trinajstić information content (AvgIpc) is 3.16. The average molecular weight is 400 g/mol. The summed E-state index contributed by atoms with van der Waals surface area (Å²) in [6.45, 7) is 3.08. The predicted molar refractivity (Wildman–Crippen MR) is 98.5 cm³/mol. The number of carbonyl (C=O) groups excluding carboxylic acids is 1. The van der Waals surface area contributed by atoms with Gasteiger partial charge in [-0.2, -0.15) is 8.78 Å². The molecule has 0 aromatic heterocycles. The van der Waals surface area contributed by atoms with Crippen molar-refractivity contribution in [1.82, 2.24) is 10.2 Å². The number of benzene rings is 1. The number of carbonyl (C=O) groups is 1. The first kappa shape index (κ1) is 20.2. The van der Waals surface area contributed by atoms with Gasteiger partial charge >= 0.3 is 5.76 Å². The minimum Gasteiger partial charge on any atom is -0.349 e. The lowest BCUT2D eigenvalue weighted by Gasteiger charge is -2.33. The Balaban J connectivity index is 1.49. The zero-order chi connectivity index (χ0) is 19.4. The van der Waals surface area contributed by atoms with Crippen LogP contribution in [-0.4, -0.2) is 50.7 Å². The van der Waals surface area contributed by atoms with E-state index in [1.54, 1.807) is 0 Å². The van der Waals surface area contributed by atoms with E-state index in [2.05, 4.69) is 10.2 Å². The molecule has 0 bridgehead atoms. The third-order valence-electron chi connectivity index (χ3n) is 5.59. The summed E-state index contributed by atoms with van der Waals surface area (Å²) in [5.74, 6) is -2.95. The number of hydrogen-bond donors (Lipinski definition) is 1. The number of likely N-dealkylation sites (tertiary alicyclic amines) is 1. The fourth-order valence-corrected chi connectivity index (χ4v) is 4.71. The van der Waals surface area contributed by atoms with Crippen LogP contribution in [0.25, 0.3) is 0 Å². The van der Waals surface area contributed by atoms with Gasteiger partial charge in [-0.3, -0.25) is 4.79 Å². The quantitative estimate of drug-likeness (QED) is 0.797. The molecular weight excluding hydrogens is 374 g/mol. The van der Waals surface area contributed by atoms with Gasteiger partial charge in [-0.15, -0.1) is 0 Å². The largest absolute Gasteiger partial charge is 0.349 e. The molecule has 2 aliphatic rings.